The molecule has 1 atom stereocenters. The van der Waals surface area contributed by atoms with Gasteiger partial charge in [0.05, 0.1) is 0 Å². The van der Waals surface area contributed by atoms with Crippen molar-refractivity contribution in [2.24, 2.45) is 0 Å². The molecule has 0 fully saturated rings. The Balaban J connectivity index is 1.60. The maximum Gasteiger partial charge on any atom is 0.331 e. The van der Waals surface area contributed by atoms with Crippen LogP contribution in [0.5, 0.6) is 0 Å². The van der Waals surface area contributed by atoms with E-state index in [9.17, 15) is 9.59 Å². The van der Waals surface area contributed by atoms with Crippen molar-refractivity contribution < 1.29 is 14.3 Å². The van der Waals surface area contributed by atoms with Crippen LogP contribution in [0.2, 0.25) is 5.02 Å². The molecule has 0 aliphatic carbocycles. The van der Waals surface area contributed by atoms with Crippen LogP contribution in [0.3, 0.4) is 0 Å². The zero-order chi connectivity index (χ0) is 17.8. The number of para-hydroxylation sites is 1. The summed E-state index contributed by atoms with van der Waals surface area (Å²) in [5, 5.41) is 0.629. The second-order valence-corrected chi connectivity index (χ2v) is 6.27. The van der Waals surface area contributed by atoms with Gasteiger partial charge in [0.25, 0.3) is 5.91 Å². The number of halogens is 1. The van der Waals surface area contributed by atoms with E-state index in [1.54, 1.807) is 42.2 Å². The molecule has 1 heterocycles. The number of fused-ring (bicyclic) bond motifs is 1. The zero-order valence-corrected chi connectivity index (χ0v) is 14.6. The summed E-state index contributed by atoms with van der Waals surface area (Å²) in [4.78, 5) is 26.2. The molecule has 0 saturated heterocycles. The number of benzene rings is 2. The highest BCUT2D eigenvalue weighted by Gasteiger charge is 2.29. The topological polar surface area (TPSA) is 46.6 Å². The van der Waals surface area contributed by atoms with Gasteiger partial charge in [0, 0.05) is 23.3 Å². The molecule has 0 spiro atoms. The van der Waals surface area contributed by atoms with Crippen molar-refractivity contribution in [3.8, 4) is 0 Å². The molecule has 128 valence electrons. The summed E-state index contributed by atoms with van der Waals surface area (Å²) in [7, 11) is 0. The summed E-state index contributed by atoms with van der Waals surface area (Å²) >= 11 is 5.82. The van der Waals surface area contributed by atoms with Crippen LogP contribution in [-0.2, 0) is 20.7 Å². The van der Waals surface area contributed by atoms with E-state index in [-0.39, 0.29) is 5.91 Å². The minimum absolute atomic E-state index is 0.210. The van der Waals surface area contributed by atoms with Crippen LogP contribution >= 0.6 is 11.6 Å². The summed E-state index contributed by atoms with van der Waals surface area (Å²) in [5.41, 5.74) is 2.86. The first-order valence-electron chi connectivity index (χ1n) is 8.08. The van der Waals surface area contributed by atoms with Crippen LogP contribution < -0.4 is 4.90 Å². The van der Waals surface area contributed by atoms with Crippen molar-refractivity contribution in [1.82, 2.24) is 0 Å². The zero-order valence-electron chi connectivity index (χ0n) is 13.8. The van der Waals surface area contributed by atoms with Gasteiger partial charge in [-0.25, -0.2) is 4.79 Å². The lowest BCUT2D eigenvalue weighted by atomic mass is 10.2. The average Bonchev–Trinajstić information content (AvgIpc) is 3.04. The summed E-state index contributed by atoms with van der Waals surface area (Å²) < 4.78 is 5.24. The maximum atomic E-state index is 12.6. The van der Waals surface area contributed by atoms with Gasteiger partial charge in [-0.15, -0.1) is 0 Å². The Hall–Kier alpha value is -2.59. The fraction of sp³-hybridized carbons (Fsp3) is 0.200. The molecule has 0 N–H and O–H groups in total. The monoisotopic (exact) mass is 355 g/mol. The van der Waals surface area contributed by atoms with Crippen molar-refractivity contribution in [1.29, 1.82) is 0 Å². The molecule has 5 heteroatoms. The third-order valence-electron chi connectivity index (χ3n) is 4.08. The summed E-state index contributed by atoms with van der Waals surface area (Å²) in [6.07, 6.45) is 2.92. The minimum atomic E-state index is -0.839. The highest BCUT2D eigenvalue weighted by Crippen LogP contribution is 2.28. The van der Waals surface area contributed by atoms with Crippen LogP contribution in [0.1, 0.15) is 18.1 Å². The van der Waals surface area contributed by atoms with E-state index < -0.39 is 12.1 Å². The number of nitrogens with zero attached hydrogens (tertiary/aromatic N) is 1. The highest BCUT2D eigenvalue weighted by molar-refractivity contribution is 6.30. The first kappa shape index (κ1) is 17.2. The molecule has 1 aliphatic heterocycles. The van der Waals surface area contributed by atoms with E-state index in [1.165, 1.54) is 6.08 Å². The molecular weight excluding hydrogens is 338 g/mol. The molecule has 0 saturated carbocycles. The first-order chi connectivity index (χ1) is 12.0. The molecule has 1 amide bonds. The molecule has 3 rings (SSSR count). The van der Waals surface area contributed by atoms with Gasteiger partial charge in [-0.05, 0) is 48.7 Å². The van der Waals surface area contributed by atoms with Crippen molar-refractivity contribution in [2.75, 3.05) is 11.4 Å². The number of carbonyl (C=O) groups is 2. The van der Waals surface area contributed by atoms with E-state index >= 15 is 0 Å². The maximum absolute atomic E-state index is 12.6. The lowest BCUT2D eigenvalue weighted by molar-refractivity contribution is -0.149. The molecule has 0 radical (unpaired) electrons. The van der Waals surface area contributed by atoms with Crippen LogP contribution in [0.4, 0.5) is 5.69 Å². The number of amides is 1. The summed E-state index contributed by atoms with van der Waals surface area (Å²) in [6.45, 7) is 2.21. The van der Waals surface area contributed by atoms with Gasteiger partial charge in [-0.1, -0.05) is 41.9 Å². The Morgan fingerprint density at radius 1 is 1.16 bits per heavy atom. The van der Waals surface area contributed by atoms with Gasteiger partial charge in [-0.2, -0.15) is 0 Å². The fourth-order valence-electron chi connectivity index (χ4n) is 2.79. The number of rotatable bonds is 4. The first-order valence-corrected chi connectivity index (χ1v) is 8.46. The van der Waals surface area contributed by atoms with Crippen molar-refractivity contribution in [3.05, 3.63) is 70.8 Å². The van der Waals surface area contributed by atoms with E-state index in [4.69, 9.17) is 16.3 Å². The van der Waals surface area contributed by atoms with E-state index in [1.807, 2.05) is 24.3 Å². The van der Waals surface area contributed by atoms with Gasteiger partial charge in [0.2, 0.25) is 0 Å². The fourth-order valence-corrected chi connectivity index (χ4v) is 2.91. The van der Waals surface area contributed by atoms with Crippen LogP contribution in [0.15, 0.2) is 54.6 Å². The van der Waals surface area contributed by atoms with Gasteiger partial charge >= 0.3 is 5.97 Å². The molecule has 2 aromatic rings. The van der Waals surface area contributed by atoms with E-state index in [0.717, 1.165) is 23.2 Å². The van der Waals surface area contributed by atoms with Crippen molar-refractivity contribution >= 4 is 35.2 Å². The summed E-state index contributed by atoms with van der Waals surface area (Å²) in [5.74, 6) is -0.763. The molecule has 4 nitrogen and oxygen atoms in total. The smallest absolute Gasteiger partial charge is 0.331 e. The van der Waals surface area contributed by atoms with Gasteiger partial charge in [-0.3, -0.25) is 4.79 Å². The van der Waals surface area contributed by atoms with Crippen molar-refractivity contribution in [2.45, 2.75) is 19.4 Å². The number of anilines is 1. The van der Waals surface area contributed by atoms with Gasteiger partial charge in [0.15, 0.2) is 6.10 Å². The van der Waals surface area contributed by atoms with Gasteiger partial charge in [0.1, 0.15) is 0 Å². The Morgan fingerprint density at radius 2 is 1.88 bits per heavy atom. The third-order valence-corrected chi connectivity index (χ3v) is 4.33. The SMILES string of the molecule is C[C@@H](OC(=O)/C=C/c1ccc(Cl)cc1)C(=O)N1CCc2ccccc21. The number of esters is 1. The Morgan fingerprint density at radius 3 is 2.64 bits per heavy atom. The average molecular weight is 356 g/mol. The third kappa shape index (κ3) is 4.09. The Labute approximate surface area is 151 Å². The molecule has 0 unspecified atom stereocenters. The number of hydrogen-bond acceptors (Lipinski definition) is 3. The Bertz CT molecular complexity index is 814. The molecule has 0 bridgehead atoms. The van der Waals surface area contributed by atoms with Crippen LogP contribution in [-0.4, -0.2) is 24.5 Å². The molecule has 2 aromatic carbocycles. The standard InChI is InChI=1S/C20H18ClNO3/c1-14(20(24)22-13-12-16-4-2-3-5-18(16)22)25-19(23)11-8-15-6-9-17(21)10-7-15/h2-11,14H,12-13H2,1H3/b11-8+/t14-/m1/s1. The normalized spacial score (nSPS) is 14.4. The Kier molecular flexibility index (Phi) is 5.19. The molecule has 0 aromatic heterocycles. The molecule has 25 heavy (non-hydrogen) atoms. The molecular formula is C20H18ClNO3. The molecule has 1 aliphatic rings. The van der Waals surface area contributed by atoms with Crippen LogP contribution in [0, 0.1) is 0 Å². The predicted molar refractivity (Wildman–Crippen MR) is 98.5 cm³/mol. The predicted octanol–water partition coefficient (Wildman–Crippen LogP) is 3.87. The lowest BCUT2D eigenvalue weighted by Crippen LogP contribution is -2.38. The second kappa shape index (κ2) is 7.53. The van der Waals surface area contributed by atoms with E-state index in [2.05, 4.69) is 0 Å². The largest absolute Gasteiger partial charge is 0.449 e. The highest BCUT2D eigenvalue weighted by atomic mass is 35.5. The minimum Gasteiger partial charge on any atom is -0.449 e. The number of ether oxygens (including phenoxy) is 1. The van der Waals surface area contributed by atoms with Gasteiger partial charge < -0.3 is 9.64 Å². The summed E-state index contributed by atoms with van der Waals surface area (Å²) in [6, 6.07) is 14.8. The number of hydrogen-bond donors (Lipinski definition) is 0. The van der Waals surface area contributed by atoms with E-state index in [0.29, 0.717) is 11.6 Å². The number of carbonyl (C=O) groups excluding carboxylic acids is 2. The van der Waals surface area contributed by atoms with Crippen LogP contribution in [0.25, 0.3) is 6.08 Å². The lowest BCUT2D eigenvalue weighted by Gasteiger charge is -2.21. The quantitative estimate of drug-likeness (QED) is 0.617. The van der Waals surface area contributed by atoms with Crippen molar-refractivity contribution in [3.63, 3.8) is 0 Å². The second-order valence-electron chi connectivity index (χ2n) is 5.83.